The minimum absolute atomic E-state index is 0.255. The molecule has 0 aliphatic rings. The molecular formula is C17H21BrN4O. The predicted octanol–water partition coefficient (Wildman–Crippen LogP) is 4.26. The Balaban J connectivity index is 2.02. The Hall–Kier alpha value is -1.95. The van der Waals surface area contributed by atoms with Gasteiger partial charge in [-0.1, -0.05) is 35.8 Å². The number of hydrogen-bond acceptors (Lipinski definition) is 4. The molecule has 0 radical (unpaired) electrons. The van der Waals surface area contributed by atoms with E-state index in [9.17, 15) is 4.79 Å². The molecule has 0 aliphatic carbocycles. The van der Waals surface area contributed by atoms with Crippen molar-refractivity contribution in [2.45, 2.75) is 27.2 Å². The topological polar surface area (TPSA) is 66.9 Å². The first-order valence-corrected chi connectivity index (χ1v) is 8.39. The van der Waals surface area contributed by atoms with E-state index >= 15 is 0 Å². The van der Waals surface area contributed by atoms with Crippen molar-refractivity contribution in [2.24, 2.45) is 5.92 Å². The smallest absolute Gasteiger partial charge is 0.274 e. The van der Waals surface area contributed by atoms with E-state index in [0.717, 1.165) is 28.7 Å². The molecule has 0 unspecified atom stereocenters. The number of aryl methyl sites for hydroxylation is 1. The third-order valence-electron chi connectivity index (χ3n) is 3.32. The second-order valence-electron chi connectivity index (χ2n) is 5.79. The highest BCUT2D eigenvalue weighted by Crippen LogP contribution is 2.21. The van der Waals surface area contributed by atoms with Gasteiger partial charge in [0.1, 0.15) is 5.69 Å². The van der Waals surface area contributed by atoms with Crippen LogP contribution in [0.5, 0.6) is 0 Å². The molecule has 2 aromatic rings. The number of benzene rings is 1. The Labute approximate surface area is 145 Å². The first kappa shape index (κ1) is 17.4. The van der Waals surface area contributed by atoms with Crippen LogP contribution in [0.1, 0.15) is 36.3 Å². The zero-order valence-corrected chi connectivity index (χ0v) is 15.1. The van der Waals surface area contributed by atoms with Crippen molar-refractivity contribution in [2.75, 3.05) is 17.2 Å². The number of aromatic nitrogens is 2. The number of halogens is 1. The number of carbonyl (C=O) groups excluding carboxylic acids is 1. The monoisotopic (exact) mass is 376 g/mol. The van der Waals surface area contributed by atoms with E-state index in [1.165, 1.54) is 0 Å². The minimum Gasteiger partial charge on any atom is -0.354 e. The van der Waals surface area contributed by atoms with Gasteiger partial charge in [0.05, 0.1) is 0 Å². The maximum absolute atomic E-state index is 12.3. The van der Waals surface area contributed by atoms with E-state index in [4.69, 9.17) is 0 Å². The lowest BCUT2D eigenvalue weighted by molar-refractivity contribution is 0.102. The van der Waals surface area contributed by atoms with Gasteiger partial charge in [-0.15, -0.1) is 0 Å². The van der Waals surface area contributed by atoms with Gasteiger partial charge in [0, 0.05) is 22.9 Å². The Bertz CT molecular complexity index is 688. The molecule has 5 nitrogen and oxygen atoms in total. The fourth-order valence-electron chi connectivity index (χ4n) is 1.91. The molecule has 23 heavy (non-hydrogen) atoms. The van der Waals surface area contributed by atoms with Crippen LogP contribution >= 0.6 is 15.9 Å². The number of carbonyl (C=O) groups is 1. The van der Waals surface area contributed by atoms with Gasteiger partial charge >= 0.3 is 0 Å². The van der Waals surface area contributed by atoms with Crippen LogP contribution in [0.3, 0.4) is 0 Å². The first-order valence-electron chi connectivity index (χ1n) is 7.60. The molecule has 0 saturated carbocycles. The molecule has 1 aromatic heterocycles. The van der Waals surface area contributed by atoms with E-state index in [0.29, 0.717) is 17.6 Å². The molecule has 0 atom stereocenters. The second kappa shape index (κ2) is 8.06. The minimum atomic E-state index is -0.255. The van der Waals surface area contributed by atoms with Crippen LogP contribution in [-0.4, -0.2) is 22.4 Å². The number of rotatable bonds is 6. The highest BCUT2D eigenvalue weighted by atomic mass is 79.9. The van der Waals surface area contributed by atoms with Crippen molar-refractivity contribution in [3.05, 3.63) is 46.2 Å². The highest BCUT2D eigenvalue weighted by Gasteiger charge is 2.10. The Morgan fingerprint density at radius 3 is 2.78 bits per heavy atom. The van der Waals surface area contributed by atoms with E-state index in [-0.39, 0.29) is 5.91 Å². The number of nitrogens with one attached hydrogen (secondary N) is 2. The van der Waals surface area contributed by atoms with Crippen LogP contribution in [0.4, 0.5) is 11.6 Å². The average Bonchev–Trinajstić information content (AvgIpc) is 2.51. The van der Waals surface area contributed by atoms with Gasteiger partial charge in [0.2, 0.25) is 5.95 Å². The number of anilines is 2. The standard InChI is InChI=1S/C17H21BrN4O/c1-11(2)6-8-19-17-20-9-7-15(22-17)16(23)21-13-5-4-12(3)14(18)10-13/h4-5,7,9-11H,6,8H2,1-3H3,(H,21,23)(H,19,20,22). The van der Waals surface area contributed by atoms with Crippen LogP contribution in [0.2, 0.25) is 0 Å². The number of nitrogens with zero attached hydrogens (tertiary/aromatic N) is 2. The summed E-state index contributed by atoms with van der Waals surface area (Å²) in [7, 11) is 0. The molecule has 0 fully saturated rings. The van der Waals surface area contributed by atoms with Gasteiger partial charge in [-0.05, 0) is 43.0 Å². The largest absolute Gasteiger partial charge is 0.354 e. The Morgan fingerprint density at radius 1 is 1.30 bits per heavy atom. The van der Waals surface area contributed by atoms with Crippen LogP contribution < -0.4 is 10.6 Å². The zero-order chi connectivity index (χ0) is 16.8. The van der Waals surface area contributed by atoms with Gasteiger partial charge in [0.15, 0.2) is 0 Å². The Kier molecular flexibility index (Phi) is 6.10. The van der Waals surface area contributed by atoms with Crippen molar-refractivity contribution in [1.29, 1.82) is 0 Å². The summed E-state index contributed by atoms with van der Waals surface area (Å²) in [4.78, 5) is 20.7. The second-order valence-corrected chi connectivity index (χ2v) is 6.65. The summed E-state index contributed by atoms with van der Waals surface area (Å²) in [5, 5.41) is 5.98. The third kappa shape index (κ3) is 5.32. The first-order chi connectivity index (χ1) is 11.0. The van der Waals surface area contributed by atoms with Gasteiger partial charge in [-0.25, -0.2) is 9.97 Å². The van der Waals surface area contributed by atoms with Crippen LogP contribution in [0, 0.1) is 12.8 Å². The fourth-order valence-corrected chi connectivity index (χ4v) is 2.29. The normalized spacial score (nSPS) is 10.7. The number of hydrogen-bond donors (Lipinski definition) is 2. The lowest BCUT2D eigenvalue weighted by Crippen LogP contribution is -2.16. The highest BCUT2D eigenvalue weighted by molar-refractivity contribution is 9.10. The summed E-state index contributed by atoms with van der Waals surface area (Å²) in [6, 6.07) is 7.28. The molecular weight excluding hydrogens is 356 g/mol. The molecule has 122 valence electrons. The van der Waals surface area contributed by atoms with Gasteiger partial charge in [-0.3, -0.25) is 4.79 Å². The van der Waals surface area contributed by atoms with E-state index in [1.54, 1.807) is 12.3 Å². The van der Waals surface area contributed by atoms with Gasteiger partial charge in [0.25, 0.3) is 5.91 Å². The molecule has 1 aromatic carbocycles. The summed E-state index contributed by atoms with van der Waals surface area (Å²) >= 11 is 3.46. The van der Waals surface area contributed by atoms with Crippen molar-refractivity contribution < 1.29 is 4.79 Å². The molecule has 2 rings (SSSR count). The van der Waals surface area contributed by atoms with Crippen molar-refractivity contribution >= 4 is 33.5 Å². The van der Waals surface area contributed by atoms with E-state index in [1.807, 2.05) is 25.1 Å². The predicted molar refractivity (Wildman–Crippen MR) is 96.8 cm³/mol. The summed E-state index contributed by atoms with van der Waals surface area (Å²) in [5.41, 5.74) is 2.17. The summed E-state index contributed by atoms with van der Waals surface area (Å²) in [6.07, 6.45) is 2.61. The SMILES string of the molecule is Cc1ccc(NC(=O)c2ccnc(NCCC(C)C)n2)cc1Br. The molecule has 1 amide bonds. The van der Waals surface area contributed by atoms with Crippen LogP contribution in [-0.2, 0) is 0 Å². The fraction of sp³-hybridized carbons (Fsp3) is 0.353. The van der Waals surface area contributed by atoms with Crippen LogP contribution in [0.15, 0.2) is 34.9 Å². The summed E-state index contributed by atoms with van der Waals surface area (Å²) in [5.74, 6) is 0.826. The molecule has 0 spiro atoms. The Morgan fingerprint density at radius 2 is 2.09 bits per heavy atom. The van der Waals surface area contributed by atoms with Crippen molar-refractivity contribution in [3.63, 3.8) is 0 Å². The van der Waals surface area contributed by atoms with Crippen LogP contribution in [0.25, 0.3) is 0 Å². The lowest BCUT2D eigenvalue weighted by atomic mass is 10.1. The van der Waals surface area contributed by atoms with Crippen molar-refractivity contribution in [3.8, 4) is 0 Å². The van der Waals surface area contributed by atoms with Gasteiger partial charge < -0.3 is 10.6 Å². The van der Waals surface area contributed by atoms with Crippen molar-refractivity contribution in [1.82, 2.24) is 9.97 Å². The molecule has 6 heteroatoms. The quantitative estimate of drug-likeness (QED) is 0.790. The number of amides is 1. The maximum atomic E-state index is 12.3. The zero-order valence-electron chi connectivity index (χ0n) is 13.6. The summed E-state index contributed by atoms with van der Waals surface area (Å²) < 4.78 is 0.953. The third-order valence-corrected chi connectivity index (χ3v) is 4.18. The molecule has 2 N–H and O–H groups in total. The lowest BCUT2D eigenvalue weighted by Gasteiger charge is -2.09. The van der Waals surface area contributed by atoms with E-state index in [2.05, 4.69) is 50.4 Å². The molecule has 0 aliphatic heterocycles. The molecule has 1 heterocycles. The van der Waals surface area contributed by atoms with E-state index < -0.39 is 0 Å². The molecule has 0 bridgehead atoms. The maximum Gasteiger partial charge on any atom is 0.274 e. The molecule has 0 saturated heterocycles. The summed E-state index contributed by atoms with van der Waals surface area (Å²) in [6.45, 7) is 7.10. The van der Waals surface area contributed by atoms with Gasteiger partial charge in [-0.2, -0.15) is 0 Å². The average molecular weight is 377 g/mol.